The minimum Gasteiger partial charge on any atom is -0.397 e. The molecule has 1 fully saturated rings. The van der Waals surface area contributed by atoms with Crippen LogP contribution in [0, 0.1) is 23.5 Å². The maximum Gasteiger partial charge on any atom is 0.408 e. The number of nitrogens with zero attached hydrogens (tertiary/aromatic N) is 5. The van der Waals surface area contributed by atoms with Crippen molar-refractivity contribution >= 4 is 69.6 Å². The van der Waals surface area contributed by atoms with Gasteiger partial charge in [-0.3, -0.25) is 19.3 Å². The Balaban J connectivity index is 1.79. The second-order valence-corrected chi connectivity index (χ2v) is 17.8. The molecular weight excluding hydrogens is 886 g/mol. The smallest absolute Gasteiger partial charge is 0.397 e. The first-order valence-corrected chi connectivity index (χ1v) is 21.6. The van der Waals surface area contributed by atoms with Crippen molar-refractivity contribution in [1.29, 1.82) is 0 Å². The molecule has 9 nitrogen and oxygen atoms in total. The van der Waals surface area contributed by atoms with Gasteiger partial charge in [0.2, 0.25) is 11.8 Å². The molecule has 0 bridgehead atoms. The lowest BCUT2D eigenvalue weighted by Gasteiger charge is -2.23. The number of pyridine rings is 1. The molecule has 2 aromatic heterocycles. The normalized spacial score (nSPS) is 17.8. The average molecular weight is 928 g/mol. The van der Waals surface area contributed by atoms with Crippen molar-refractivity contribution in [2.45, 2.75) is 89.0 Å². The van der Waals surface area contributed by atoms with Crippen LogP contribution < -0.4 is 15.4 Å². The molecule has 2 unspecified atom stereocenters. The minimum absolute atomic E-state index is 0.0184. The maximum atomic E-state index is 15.7. The number of aliphatic imine (C=N–C) groups is 1. The summed E-state index contributed by atoms with van der Waals surface area (Å²) in [5.74, 6) is -1.03. The Kier molecular flexibility index (Phi) is 14.4. The third-order valence-corrected chi connectivity index (χ3v) is 12.1. The Morgan fingerprint density at radius 1 is 1.06 bits per heavy atom. The van der Waals surface area contributed by atoms with E-state index in [4.69, 9.17) is 22.3 Å². The number of nitrogens with two attached hydrogens (primary N) is 1. The number of allylic oxidation sites excluding steroid dienone is 2. The van der Waals surface area contributed by atoms with Gasteiger partial charge in [0.25, 0.3) is 5.92 Å². The summed E-state index contributed by atoms with van der Waals surface area (Å²) in [6.07, 6.45) is -2.23. The van der Waals surface area contributed by atoms with Gasteiger partial charge >= 0.3 is 6.18 Å². The van der Waals surface area contributed by atoms with Crippen molar-refractivity contribution < 1.29 is 44.7 Å². The molecular formula is C42H42ClF8N7O2S2. The molecule has 4 aromatic rings. The fourth-order valence-corrected chi connectivity index (χ4v) is 7.79. The third kappa shape index (κ3) is 11.2. The zero-order chi connectivity index (χ0) is 46.1. The summed E-state index contributed by atoms with van der Waals surface area (Å²) in [5, 5.41) is 6.85. The van der Waals surface area contributed by atoms with Crippen LogP contribution >= 0.6 is 35.3 Å². The molecule has 0 spiro atoms. The largest absolute Gasteiger partial charge is 0.408 e. The molecule has 1 aliphatic rings. The zero-order valence-electron chi connectivity index (χ0n) is 34.5. The van der Waals surface area contributed by atoms with E-state index in [2.05, 4.69) is 27.2 Å². The Labute approximate surface area is 366 Å². The van der Waals surface area contributed by atoms with E-state index in [-0.39, 0.29) is 74.7 Å². The van der Waals surface area contributed by atoms with Crippen LogP contribution in [-0.4, -0.2) is 73.9 Å². The molecule has 332 valence electrons. The van der Waals surface area contributed by atoms with Crippen LogP contribution in [0.5, 0.6) is 0 Å². The van der Waals surface area contributed by atoms with Crippen molar-refractivity contribution in [3.8, 4) is 23.0 Å². The molecule has 2 amide bonds. The average Bonchev–Trinajstić information content (AvgIpc) is 3.67. The van der Waals surface area contributed by atoms with Crippen LogP contribution in [0.4, 0.5) is 40.9 Å². The van der Waals surface area contributed by atoms with Gasteiger partial charge in [-0.25, -0.2) is 31.2 Å². The number of anilines is 1. The molecule has 62 heavy (non-hydrogen) atoms. The summed E-state index contributed by atoms with van der Waals surface area (Å²) >= 11 is 8.99. The Hall–Kier alpha value is -4.80. The number of nitrogens with one attached hydrogen (secondary N) is 1. The van der Waals surface area contributed by atoms with Gasteiger partial charge in [-0.2, -0.15) is 18.3 Å². The van der Waals surface area contributed by atoms with Gasteiger partial charge in [0.1, 0.15) is 36.1 Å². The highest BCUT2D eigenvalue weighted by atomic mass is 35.5. The summed E-state index contributed by atoms with van der Waals surface area (Å²) in [7, 11) is 0. The summed E-state index contributed by atoms with van der Waals surface area (Å²) in [4.78, 5) is 35.5. The summed E-state index contributed by atoms with van der Waals surface area (Å²) < 4.78 is 117. The number of rotatable bonds is 12. The number of hydrogen-bond acceptors (Lipinski definition) is 8. The van der Waals surface area contributed by atoms with Gasteiger partial charge in [0, 0.05) is 42.9 Å². The van der Waals surface area contributed by atoms with Crippen molar-refractivity contribution in [3.63, 3.8) is 0 Å². The van der Waals surface area contributed by atoms with Crippen LogP contribution in [0.15, 0.2) is 58.7 Å². The van der Waals surface area contributed by atoms with Crippen molar-refractivity contribution in [2.75, 3.05) is 23.4 Å². The maximum absolute atomic E-state index is 15.7. The number of amides is 2. The molecule has 2 atom stereocenters. The number of aromatic nitrogens is 3. The molecule has 0 radical (unpaired) electrons. The predicted octanol–water partition coefficient (Wildman–Crippen LogP) is 9.95. The van der Waals surface area contributed by atoms with E-state index in [1.165, 1.54) is 49.2 Å². The van der Waals surface area contributed by atoms with E-state index in [0.717, 1.165) is 35.3 Å². The van der Waals surface area contributed by atoms with Crippen LogP contribution in [0.25, 0.3) is 22.0 Å². The fraction of sp³-hybridized carbons (Fsp3) is 0.405. The summed E-state index contributed by atoms with van der Waals surface area (Å²) in [6.45, 7) is 4.14. The first kappa shape index (κ1) is 48.2. The lowest BCUT2D eigenvalue weighted by molar-refractivity contribution is -0.141. The van der Waals surface area contributed by atoms with Gasteiger partial charge in [-0.05, 0) is 100 Å². The minimum atomic E-state index is -4.82. The number of thioether (sulfide) groups is 1. The Morgan fingerprint density at radius 2 is 1.71 bits per heavy atom. The van der Waals surface area contributed by atoms with Gasteiger partial charge in [-0.1, -0.05) is 23.6 Å². The lowest BCUT2D eigenvalue weighted by atomic mass is 9.93. The van der Waals surface area contributed by atoms with Gasteiger partial charge < -0.3 is 11.1 Å². The first-order chi connectivity index (χ1) is 28.7. The summed E-state index contributed by atoms with van der Waals surface area (Å²) in [6, 6.07) is 7.06. The van der Waals surface area contributed by atoms with E-state index in [0.29, 0.717) is 17.7 Å². The SMILES string of the molecule is CSN(C(C)=O)c1nn(CC(F)(F)F)c2c(-c3ccc(C#CC(C)(C)SC)nc3C(Cc3cc(F)cc(F)c3)NC(=O)CN=C3/C(=C(\N)C(C)(F)F)CCC3(C)F)ccc(Cl)c12. The van der Waals surface area contributed by atoms with Crippen LogP contribution in [0.2, 0.25) is 5.02 Å². The molecule has 5 rings (SSSR count). The summed E-state index contributed by atoms with van der Waals surface area (Å²) in [5.41, 5.74) is 2.02. The number of alkyl halides is 6. The van der Waals surface area contributed by atoms with Gasteiger partial charge in [-0.15, -0.1) is 11.8 Å². The van der Waals surface area contributed by atoms with Crippen molar-refractivity contribution in [2.24, 2.45) is 10.7 Å². The number of hydrogen-bond donors (Lipinski definition) is 2. The lowest BCUT2D eigenvalue weighted by Crippen LogP contribution is -2.34. The van der Waals surface area contributed by atoms with Crippen molar-refractivity contribution in [1.82, 2.24) is 20.1 Å². The second-order valence-electron chi connectivity index (χ2n) is 15.2. The number of benzene rings is 2. The molecule has 20 heteroatoms. The number of carbonyl (C=O) groups excluding carboxylic acids is 2. The Bertz CT molecular complexity index is 2500. The molecule has 2 heterocycles. The third-order valence-electron chi connectivity index (χ3n) is 9.86. The van der Waals surface area contributed by atoms with E-state index < -0.39 is 76.5 Å². The standard InChI is InChI=1S/C42H42ClF8N7O2S2/c1-22(59)58(62-7)38-33-30(43)11-10-28(35(33)57(56-38)21-42(49,50)51)27-9-8-26(12-14-39(2,3)61-6)54-34(27)31(18-23-16-24(44)19-25(45)17-23)55-32(60)20-53-37-29(13-15-40(37,4)46)36(52)41(5,47)48/h8-11,16-17,19,31H,13,15,18,20-21,52H2,1-7H3,(H,55,60)/b36-29-,53-37?. The highest BCUT2D eigenvalue weighted by Crippen LogP contribution is 2.43. The fourth-order valence-electron chi connectivity index (χ4n) is 6.84. The van der Waals surface area contributed by atoms with Crippen molar-refractivity contribution in [3.05, 3.63) is 87.3 Å². The number of fused-ring (bicyclic) bond motifs is 1. The number of carbonyl (C=O) groups is 2. The number of halogens is 9. The second kappa shape index (κ2) is 18.5. The zero-order valence-corrected chi connectivity index (χ0v) is 36.9. The van der Waals surface area contributed by atoms with E-state index in [9.17, 15) is 40.3 Å². The van der Waals surface area contributed by atoms with Crippen LogP contribution in [0.3, 0.4) is 0 Å². The van der Waals surface area contributed by atoms with Crippen LogP contribution in [0.1, 0.15) is 70.5 Å². The Morgan fingerprint density at radius 3 is 2.29 bits per heavy atom. The van der Waals surface area contributed by atoms with E-state index in [1.54, 1.807) is 0 Å². The van der Waals surface area contributed by atoms with Crippen LogP contribution in [-0.2, 0) is 22.6 Å². The van der Waals surface area contributed by atoms with E-state index in [1.807, 2.05) is 20.1 Å². The quantitative estimate of drug-likeness (QED) is 0.0826. The molecule has 0 aliphatic heterocycles. The molecule has 3 N–H and O–H groups in total. The monoisotopic (exact) mass is 927 g/mol. The van der Waals surface area contributed by atoms with E-state index >= 15 is 4.39 Å². The molecule has 2 aromatic carbocycles. The molecule has 1 aliphatic carbocycles. The highest BCUT2D eigenvalue weighted by molar-refractivity contribution is 8.00. The predicted molar refractivity (Wildman–Crippen MR) is 229 cm³/mol. The first-order valence-electron chi connectivity index (χ1n) is 18.8. The topological polar surface area (TPSA) is 118 Å². The molecule has 0 saturated heterocycles. The van der Waals surface area contributed by atoms with Gasteiger partial charge in [0.15, 0.2) is 5.82 Å². The molecule has 1 saturated carbocycles. The highest BCUT2D eigenvalue weighted by Gasteiger charge is 2.43. The van der Waals surface area contributed by atoms with Gasteiger partial charge in [0.05, 0.1) is 43.8 Å².